The van der Waals surface area contributed by atoms with Crippen molar-refractivity contribution in [2.24, 2.45) is 5.92 Å². The van der Waals surface area contributed by atoms with Crippen LogP contribution in [-0.2, 0) is 20.9 Å². The van der Waals surface area contributed by atoms with E-state index in [1.807, 2.05) is 4.90 Å². The summed E-state index contributed by atoms with van der Waals surface area (Å²) in [7, 11) is 0. The van der Waals surface area contributed by atoms with Gasteiger partial charge in [0.15, 0.2) is 0 Å². The first-order valence-corrected chi connectivity index (χ1v) is 8.37. The van der Waals surface area contributed by atoms with Crippen molar-refractivity contribution in [3.63, 3.8) is 0 Å². The highest BCUT2D eigenvalue weighted by molar-refractivity contribution is 5.90. The minimum absolute atomic E-state index is 0.0784. The highest BCUT2D eigenvalue weighted by Gasteiger charge is 2.30. The molecule has 2 rings (SSSR count). The maximum Gasteiger partial charge on any atom is 0.341 e. The standard InChI is InChI=1S/C16H23F2N3O4/c1-3-24-15(22)11-6-5-7-20(9-11)10-21-13(14(17)18)12(8-19-21)16(23)25-4-2/h8,11,14H,3-7,9-10H2,1-2H3. The van der Waals surface area contributed by atoms with Crippen molar-refractivity contribution >= 4 is 11.9 Å². The van der Waals surface area contributed by atoms with E-state index < -0.39 is 18.1 Å². The van der Waals surface area contributed by atoms with Crippen molar-refractivity contribution in [3.8, 4) is 0 Å². The molecular weight excluding hydrogens is 336 g/mol. The number of hydrogen-bond acceptors (Lipinski definition) is 6. The average Bonchev–Trinajstić information content (AvgIpc) is 2.99. The van der Waals surface area contributed by atoms with Crippen LogP contribution in [0.25, 0.3) is 0 Å². The largest absolute Gasteiger partial charge is 0.466 e. The average molecular weight is 359 g/mol. The van der Waals surface area contributed by atoms with Crippen molar-refractivity contribution in [2.45, 2.75) is 39.8 Å². The number of ether oxygens (including phenoxy) is 2. The normalized spacial score (nSPS) is 18.4. The number of likely N-dealkylation sites (tertiary alicyclic amines) is 1. The monoisotopic (exact) mass is 359 g/mol. The predicted molar refractivity (Wildman–Crippen MR) is 84.1 cm³/mol. The number of hydrogen-bond donors (Lipinski definition) is 0. The smallest absolute Gasteiger partial charge is 0.341 e. The van der Waals surface area contributed by atoms with Gasteiger partial charge in [0.25, 0.3) is 6.43 Å². The summed E-state index contributed by atoms with van der Waals surface area (Å²) < 4.78 is 37.8. The Morgan fingerprint density at radius 3 is 2.68 bits per heavy atom. The third kappa shape index (κ3) is 4.75. The molecule has 2 heterocycles. The molecule has 0 bridgehead atoms. The molecule has 7 nitrogen and oxygen atoms in total. The molecule has 0 aliphatic carbocycles. The first-order chi connectivity index (χ1) is 12.0. The van der Waals surface area contributed by atoms with Crippen LogP contribution in [0.3, 0.4) is 0 Å². The number of rotatable bonds is 7. The topological polar surface area (TPSA) is 73.7 Å². The highest BCUT2D eigenvalue weighted by Crippen LogP contribution is 2.25. The van der Waals surface area contributed by atoms with Crippen molar-refractivity contribution in [1.82, 2.24) is 14.7 Å². The number of carbonyl (C=O) groups excluding carboxylic acids is 2. The fourth-order valence-corrected chi connectivity index (χ4v) is 2.93. The second-order valence-corrected chi connectivity index (χ2v) is 5.77. The van der Waals surface area contributed by atoms with Gasteiger partial charge in [-0.2, -0.15) is 5.10 Å². The van der Waals surface area contributed by atoms with E-state index in [0.29, 0.717) is 26.1 Å². The van der Waals surface area contributed by atoms with E-state index >= 15 is 0 Å². The number of alkyl halides is 2. The van der Waals surface area contributed by atoms with Crippen LogP contribution in [-0.4, -0.2) is 52.9 Å². The molecule has 1 aromatic heterocycles. The van der Waals surface area contributed by atoms with E-state index in [-0.39, 0.29) is 30.7 Å². The Labute approximate surface area is 144 Å². The Bertz CT molecular complexity index is 606. The molecule has 0 radical (unpaired) electrons. The van der Waals surface area contributed by atoms with Crippen molar-refractivity contribution in [2.75, 3.05) is 26.3 Å². The summed E-state index contributed by atoms with van der Waals surface area (Å²) in [4.78, 5) is 25.5. The number of carbonyl (C=O) groups is 2. The molecule has 1 atom stereocenters. The molecule has 0 spiro atoms. The highest BCUT2D eigenvalue weighted by atomic mass is 19.3. The summed E-state index contributed by atoms with van der Waals surface area (Å²) in [6.45, 7) is 4.91. The summed E-state index contributed by atoms with van der Waals surface area (Å²) in [6.07, 6.45) is -0.275. The van der Waals surface area contributed by atoms with Crippen LogP contribution in [0.1, 0.15) is 49.2 Å². The molecule has 0 aromatic carbocycles. The van der Waals surface area contributed by atoms with Crippen LogP contribution < -0.4 is 0 Å². The molecule has 1 unspecified atom stereocenters. The van der Waals surface area contributed by atoms with Crippen molar-refractivity contribution < 1.29 is 27.8 Å². The third-order valence-corrected chi connectivity index (χ3v) is 4.04. The molecule has 1 saturated heterocycles. The molecule has 0 saturated carbocycles. The molecule has 1 aliphatic rings. The summed E-state index contributed by atoms with van der Waals surface area (Å²) in [5, 5.41) is 3.92. The van der Waals surface area contributed by atoms with Crippen LogP contribution in [0.5, 0.6) is 0 Å². The summed E-state index contributed by atoms with van der Waals surface area (Å²) in [5.41, 5.74) is -0.687. The quantitative estimate of drug-likeness (QED) is 0.695. The van der Waals surface area contributed by atoms with Gasteiger partial charge in [-0.25, -0.2) is 18.3 Å². The van der Waals surface area contributed by atoms with Crippen LogP contribution in [0.4, 0.5) is 8.78 Å². The van der Waals surface area contributed by atoms with Crippen LogP contribution in [0.15, 0.2) is 6.20 Å². The maximum atomic E-state index is 13.4. The second-order valence-electron chi connectivity index (χ2n) is 5.77. The van der Waals surface area contributed by atoms with E-state index in [1.165, 1.54) is 0 Å². The molecule has 140 valence electrons. The molecular formula is C16H23F2N3O4. The zero-order chi connectivity index (χ0) is 18.4. The van der Waals surface area contributed by atoms with E-state index in [2.05, 4.69) is 5.10 Å². The zero-order valence-corrected chi connectivity index (χ0v) is 14.4. The van der Waals surface area contributed by atoms with Gasteiger partial charge in [-0.1, -0.05) is 0 Å². The van der Waals surface area contributed by atoms with Gasteiger partial charge in [0.1, 0.15) is 11.3 Å². The number of aromatic nitrogens is 2. The SMILES string of the molecule is CCOC(=O)c1cnn(CN2CCCC(C(=O)OCC)C2)c1C(F)F. The third-order valence-electron chi connectivity index (χ3n) is 4.04. The first kappa shape index (κ1) is 19.3. The van der Waals surface area contributed by atoms with Crippen molar-refractivity contribution in [3.05, 3.63) is 17.5 Å². The Kier molecular flexibility index (Phi) is 6.86. The van der Waals surface area contributed by atoms with Crippen LogP contribution in [0.2, 0.25) is 0 Å². The van der Waals surface area contributed by atoms with Gasteiger partial charge in [0.05, 0.1) is 32.0 Å². The molecule has 1 aromatic rings. The summed E-state index contributed by atoms with van der Waals surface area (Å²) in [6, 6.07) is 0. The van der Waals surface area contributed by atoms with Crippen molar-refractivity contribution in [1.29, 1.82) is 0 Å². The lowest BCUT2D eigenvalue weighted by Crippen LogP contribution is -2.40. The fraction of sp³-hybridized carbons (Fsp3) is 0.688. The van der Waals surface area contributed by atoms with Gasteiger partial charge in [-0.15, -0.1) is 0 Å². The second kappa shape index (κ2) is 8.89. The summed E-state index contributed by atoms with van der Waals surface area (Å²) >= 11 is 0. The number of halogens is 2. The molecule has 9 heteroatoms. The fourth-order valence-electron chi connectivity index (χ4n) is 2.93. The Hall–Kier alpha value is -2.03. The Balaban J connectivity index is 2.11. The van der Waals surface area contributed by atoms with Gasteiger partial charge < -0.3 is 9.47 Å². The lowest BCUT2D eigenvalue weighted by atomic mass is 9.98. The first-order valence-electron chi connectivity index (χ1n) is 8.37. The van der Waals surface area contributed by atoms with Gasteiger partial charge in [-0.3, -0.25) is 9.69 Å². The minimum atomic E-state index is -2.85. The summed E-state index contributed by atoms with van der Waals surface area (Å²) in [5.74, 6) is -1.36. The van der Waals surface area contributed by atoms with E-state index in [0.717, 1.165) is 17.3 Å². The van der Waals surface area contributed by atoms with E-state index in [4.69, 9.17) is 9.47 Å². The number of piperidine rings is 1. The molecule has 25 heavy (non-hydrogen) atoms. The molecule has 0 amide bonds. The maximum absolute atomic E-state index is 13.4. The number of esters is 2. The van der Waals surface area contributed by atoms with Gasteiger partial charge in [-0.05, 0) is 33.2 Å². The Morgan fingerprint density at radius 1 is 1.32 bits per heavy atom. The van der Waals surface area contributed by atoms with E-state index in [1.54, 1.807) is 13.8 Å². The molecule has 1 aliphatic heterocycles. The molecule has 0 N–H and O–H groups in total. The zero-order valence-electron chi connectivity index (χ0n) is 14.4. The van der Waals surface area contributed by atoms with E-state index in [9.17, 15) is 18.4 Å². The number of nitrogens with zero attached hydrogens (tertiary/aromatic N) is 3. The van der Waals surface area contributed by atoms with Gasteiger partial charge >= 0.3 is 11.9 Å². The minimum Gasteiger partial charge on any atom is -0.466 e. The van der Waals surface area contributed by atoms with Gasteiger partial charge in [0, 0.05) is 6.54 Å². The van der Waals surface area contributed by atoms with Crippen LogP contribution in [0, 0.1) is 5.92 Å². The molecule has 1 fully saturated rings. The lowest BCUT2D eigenvalue weighted by molar-refractivity contribution is -0.150. The van der Waals surface area contributed by atoms with Gasteiger partial charge in [0.2, 0.25) is 0 Å². The lowest BCUT2D eigenvalue weighted by Gasteiger charge is -2.31. The predicted octanol–water partition coefficient (Wildman–Crippen LogP) is 2.23. The Morgan fingerprint density at radius 2 is 2.04 bits per heavy atom. The van der Waals surface area contributed by atoms with Crippen LogP contribution >= 0.6 is 0 Å².